The minimum Gasteiger partial charge on any atom is -0.497 e. The van der Waals surface area contributed by atoms with E-state index in [1.54, 1.807) is 31.4 Å². The number of nitrogens with two attached hydrogens (primary N) is 1. The number of nitrogens with zero attached hydrogens (tertiary/aromatic N) is 1. The van der Waals surface area contributed by atoms with E-state index in [9.17, 15) is 9.59 Å². The molecule has 0 saturated carbocycles. The molecule has 3 N–H and O–H groups in total. The Bertz CT molecular complexity index is 999. The first kappa shape index (κ1) is 19.4. The van der Waals surface area contributed by atoms with Crippen LogP contribution >= 0.6 is 11.3 Å². The summed E-state index contributed by atoms with van der Waals surface area (Å²) in [5.41, 5.74) is 7.12. The van der Waals surface area contributed by atoms with Crippen molar-refractivity contribution in [1.29, 1.82) is 0 Å². The van der Waals surface area contributed by atoms with Crippen molar-refractivity contribution in [3.63, 3.8) is 0 Å². The number of thiazole rings is 1. The highest BCUT2D eigenvalue weighted by atomic mass is 32.1. The molecule has 0 saturated heterocycles. The topological polar surface area (TPSA) is 104 Å². The molecule has 0 atom stereocenters. The van der Waals surface area contributed by atoms with Crippen LogP contribution in [0.3, 0.4) is 0 Å². The Hall–Kier alpha value is -3.39. The van der Waals surface area contributed by atoms with Gasteiger partial charge in [-0.2, -0.15) is 0 Å². The lowest BCUT2D eigenvalue weighted by Gasteiger charge is -2.09. The van der Waals surface area contributed by atoms with E-state index in [0.717, 1.165) is 21.9 Å². The molecule has 144 valence electrons. The number of anilines is 1. The number of nitrogens with one attached hydrogen (secondary N) is 1. The third-order valence-corrected chi connectivity index (χ3v) is 4.77. The second-order valence-corrected chi connectivity index (χ2v) is 7.06. The number of benzene rings is 2. The first-order valence-electron chi connectivity index (χ1n) is 8.41. The maximum atomic E-state index is 12.7. The van der Waals surface area contributed by atoms with Gasteiger partial charge in [0.25, 0.3) is 11.8 Å². The van der Waals surface area contributed by atoms with Crippen LogP contribution in [0.2, 0.25) is 0 Å². The highest BCUT2D eigenvalue weighted by Gasteiger charge is 2.16. The van der Waals surface area contributed by atoms with Crippen molar-refractivity contribution in [3.8, 4) is 22.8 Å². The highest BCUT2D eigenvalue weighted by Crippen LogP contribution is 2.32. The molecule has 0 spiro atoms. The predicted molar refractivity (Wildman–Crippen MR) is 108 cm³/mol. The number of para-hydroxylation sites is 1. The van der Waals surface area contributed by atoms with Crippen LogP contribution in [-0.2, 0) is 4.79 Å². The molecule has 3 rings (SSSR count). The fraction of sp³-hybridized carbons (Fsp3) is 0.150. The van der Waals surface area contributed by atoms with E-state index < -0.39 is 5.91 Å². The molecule has 7 nitrogen and oxygen atoms in total. The second-order valence-electron chi connectivity index (χ2n) is 5.86. The summed E-state index contributed by atoms with van der Waals surface area (Å²) in [5.74, 6) is 0.0465. The van der Waals surface area contributed by atoms with Crippen molar-refractivity contribution in [2.24, 2.45) is 5.73 Å². The van der Waals surface area contributed by atoms with Crippen LogP contribution in [0.4, 0.5) is 5.13 Å². The fourth-order valence-corrected chi connectivity index (χ4v) is 3.39. The van der Waals surface area contributed by atoms with Gasteiger partial charge in [-0.25, -0.2) is 4.98 Å². The van der Waals surface area contributed by atoms with Crippen molar-refractivity contribution < 1.29 is 19.1 Å². The molecule has 8 heteroatoms. The third kappa shape index (κ3) is 4.47. The molecule has 0 aliphatic carbocycles. The van der Waals surface area contributed by atoms with Gasteiger partial charge >= 0.3 is 0 Å². The number of primary amides is 1. The lowest BCUT2D eigenvalue weighted by molar-refractivity contribution is -0.119. The Kier molecular flexibility index (Phi) is 5.90. The molecule has 1 aromatic heterocycles. The van der Waals surface area contributed by atoms with Gasteiger partial charge in [-0.15, -0.1) is 11.3 Å². The summed E-state index contributed by atoms with van der Waals surface area (Å²) >= 11 is 1.38. The monoisotopic (exact) mass is 397 g/mol. The van der Waals surface area contributed by atoms with Gasteiger partial charge < -0.3 is 15.2 Å². The minimum atomic E-state index is -0.616. The van der Waals surface area contributed by atoms with Crippen LogP contribution in [0.15, 0.2) is 48.5 Å². The van der Waals surface area contributed by atoms with Gasteiger partial charge in [0, 0.05) is 10.4 Å². The molecular weight excluding hydrogens is 378 g/mol. The number of carbonyl (C=O) groups excluding carboxylic acids is 2. The lowest BCUT2D eigenvalue weighted by atomic mass is 10.1. The SMILES string of the molecule is COc1ccc(-c2nc(NC(=O)c3ccccc3OCC(N)=O)sc2C)cc1. The number of hydrogen-bond donors (Lipinski definition) is 2. The Balaban J connectivity index is 1.79. The molecule has 0 aliphatic rings. The quantitative estimate of drug-likeness (QED) is 0.637. The Labute approximate surface area is 166 Å². The zero-order valence-corrected chi connectivity index (χ0v) is 16.2. The Morgan fingerprint density at radius 2 is 1.86 bits per heavy atom. The molecule has 0 radical (unpaired) electrons. The second kappa shape index (κ2) is 8.53. The van der Waals surface area contributed by atoms with Crippen molar-refractivity contribution >= 4 is 28.3 Å². The molecule has 2 amide bonds. The van der Waals surface area contributed by atoms with E-state index in [1.807, 2.05) is 31.2 Å². The summed E-state index contributed by atoms with van der Waals surface area (Å²) in [5, 5.41) is 3.26. The summed E-state index contributed by atoms with van der Waals surface area (Å²) in [6.45, 7) is 1.64. The largest absolute Gasteiger partial charge is 0.497 e. The minimum absolute atomic E-state index is 0.280. The third-order valence-electron chi connectivity index (χ3n) is 3.88. The molecule has 2 aromatic carbocycles. The van der Waals surface area contributed by atoms with E-state index in [1.165, 1.54) is 11.3 Å². The van der Waals surface area contributed by atoms with Gasteiger partial charge in [0.2, 0.25) is 0 Å². The normalized spacial score (nSPS) is 10.4. The molecular formula is C20H19N3O4S. The summed E-state index contributed by atoms with van der Waals surface area (Å²) in [4.78, 5) is 29.1. The van der Waals surface area contributed by atoms with Crippen LogP contribution in [0.25, 0.3) is 11.3 Å². The van der Waals surface area contributed by atoms with Crippen molar-refractivity contribution in [3.05, 3.63) is 59.0 Å². The van der Waals surface area contributed by atoms with Gasteiger partial charge in [0.1, 0.15) is 11.5 Å². The number of carbonyl (C=O) groups is 2. The fourth-order valence-electron chi connectivity index (χ4n) is 2.56. The average molecular weight is 397 g/mol. The number of rotatable bonds is 7. The van der Waals surface area contributed by atoms with E-state index >= 15 is 0 Å². The molecule has 0 bridgehead atoms. The average Bonchev–Trinajstić information content (AvgIpc) is 3.06. The molecule has 0 unspecified atom stereocenters. The van der Waals surface area contributed by atoms with E-state index in [4.69, 9.17) is 15.2 Å². The van der Waals surface area contributed by atoms with E-state index in [-0.39, 0.29) is 18.3 Å². The predicted octanol–water partition coefficient (Wildman–Crippen LogP) is 3.24. The van der Waals surface area contributed by atoms with Crippen LogP contribution in [0, 0.1) is 6.92 Å². The molecule has 0 aliphatic heterocycles. The highest BCUT2D eigenvalue weighted by molar-refractivity contribution is 7.16. The standard InChI is InChI=1S/C20H19N3O4S/c1-12-18(13-7-9-14(26-2)10-8-13)22-20(28-12)23-19(25)15-5-3-4-6-16(15)27-11-17(21)24/h3-10H,11H2,1-2H3,(H2,21,24)(H,22,23,25). The number of aromatic nitrogens is 1. The molecule has 28 heavy (non-hydrogen) atoms. The van der Waals surface area contributed by atoms with Gasteiger partial charge in [0.05, 0.1) is 18.4 Å². The van der Waals surface area contributed by atoms with Crippen molar-refractivity contribution in [2.45, 2.75) is 6.92 Å². The zero-order valence-electron chi connectivity index (χ0n) is 15.4. The van der Waals surface area contributed by atoms with Crippen molar-refractivity contribution in [1.82, 2.24) is 4.98 Å². The molecule has 3 aromatic rings. The van der Waals surface area contributed by atoms with Gasteiger partial charge in [-0.05, 0) is 43.3 Å². The smallest absolute Gasteiger partial charge is 0.261 e. The Morgan fingerprint density at radius 3 is 2.54 bits per heavy atom. The number of hydrogen-bond acceptors (Lipinski definition) is 6. The number of methoxy groups -OCH3 is 1. The van der Waals surface area contributed by atoms with E-state index in [0.29, 0.717) is 10.7 Å². The number of amides is 2. The maximum absolute atomic E-state index is 12.7. The molecule has 0 fully saturated rings. The van der Waals surface area contributed by atoms with Gasteiger partial charge in [-0.1, -0.05) is 12.1 Å². The van der Waals surface area contributed by atoms with Crippen LogP contribution in [0.5, 0.6) is 11.5 Å². The maximum Gasteiger partial charge on any atom is 0.261 e. The molecule has 1 heterocycles. The van der Waals surface area contributed by atoms with Crippen molar-refractivity contribution in [2.75, 3.05) is 19.0 Å². The van der Waals surface area contributed by atoms with Crippen LogP contribution in [0.1, 0.15) is 15.2 Å². The van der Waals surface area contributed by atoms with Gasteiger partial charge in [0.15, 0.2) is 11.7 Å². The summed E-state index contributed by atoms with van der Waals surface area (Å²) < 4.78 is 10.5. The van der Waals surface area contributed by atoms with Crippen LogP contribution in [-0.4, -0.2) is 30.5 Å². The van der Waals surface area contributed by atoms with Crippen LogP contribution < -0.4 is 20.5 Å². The van der Waals surface area contributed by atoms with Gasteiger partial charge in [-0.3, -0.25) is 14.9 Å². The van der Waals surface area contributed by atoms with E-state index in [2.05, 4.69) is 10.3 Å². The summed E-state index contributed by atoms with van der Waals surface area (Å²) in [6, 6.07) is 14.2. The zero-order chi connectivity index (χ0) is 20.1. The lowest BCUT2D eigenvalue weighted by Crippen LogP contribution is -2.21. The summed E-state index contributed by atoms with van der Waals surface area (Å²) in [7, 11) is 1.61. The number of aryl methyl sites for hydroxylation is 1. The summed E-state index contributed by atoms with van der Waals surface area (Å²) in [6.07, 6.45) is 0. The Morgan fingerprint density at radius 1 is 1.14 bits per heavy atom. The number of ether oxygens (including phenoxy) is 2. The first-order valence-corrected chi connectivity index (χ1v) is 9.23. The first-order chi connectivity index (χ1) is 13.5.